The summed E-state index contributed by atoms with van der Waals surface area (Å²) in [5.74, 6) is 1.39. The molecule has 0 N–H and O–H groups in total. The van der Waals surface area contributed by atoms with E-state index in [4.69, 9.17) is 9.47 Å². The molecule has 71 valence electrons. The minimum Gasteiger partial charge on any atom is -0.497 e. The maximum Gasteiger partial charge on any atom is 0.132 e. The Morgan fingerprint density at radius 3 is 2.93 bits per heavy atom. The molecular weight excluding hydrogens is 178 g/mol. The number of rotatable bonds is 2. The molecule has 0 amide bonds. The maximum absolute atomic E-state index is 5.12. The van der Waals surface area contributed by atoms with E-state index in [0.29, 0.717) is 5.75 Å². The molecule has 0 spiro atoms. The van der Waals surface area contributed by atoms with E-state index in [9.17, 15) is 0 Å². The van der Waals surface area contributed by atoms with Gasteiger partial charge < -0.3 is 9.47 Å². The number of ether oxygens (including phenoxy) is 2. The summed E-state index contributed by atoms with van der Waals surface area (Å²) in [6.07, 6.45) is 1.73. The number of benzene rings is 1. The Morgan fingerprint density at radius 1 is 1.36 bits per heavy atom. The lowest BCUT2D eigenvalue weighted by Gasteiger charge is -2.07. The highest BCUT2D eigenvalue weighted by Crippen LogP contribution is 2.29. The van der Waals surface area contributed by atoms with E-state index in [0.717, 1.165) is 16.7 Å². The standard InChI is InChI=1S/C11H10NO2/c1-13-8-6-10-9(4-3-5-12-10)11(7-8)14-2/h3-7H,2H2,1H3. The number of aromatic nitrogens is 1. The summed E-state index contributed by atoms with van der Waals surface area (Å²) in [4.78, 5) is 4.21. The molecule has 1 radical (unpaired) electrons. The fourth-order valence-electron chi connectivity index (χ4n) is 1.36. The minimum absolute atomic E-state index is 0.674. The number of methoxy groups -OCH3 is 1. The van der Waals surface area contributed by atoms with E-state index >= 15 is 0 Å². The molecule has 14 heavy (non-hydrogen) atoms. The first-order valence-corrected chi connectivity index (χ1v) is 4.20. The highest BCUT2D eigenvalue weighted by atomic mass is 16.5. The first kappa shape index (κ1) is 8.81. The van der Waals surface area contributed by atoms with Crippen molar-refractivity contribution in [1.82, 2.24) is 4.98 Å². The average molecular weight is 188 g/mol. The van der Waals surface area contributed by atoms with Crippen molar-refractivity contribution < 1.29 is 9.47 Å². The molecule has 2 aromatic rings. The molecule has 1 aromatic heterocycles. The Morgan fingerprint density at radius 2 is 2.21 bits per heavy atom. The summed E-state index contributed by atoms with van der Waals surface area (Å²) in [7, 11) is 5.01. The van der Waals surface area contributed by atoms with Crippen LogP contribution < -0.4 is 9.47 Å². The largest absolute Gasteiger partial charge is 0.497 e. The molecule has 0 saturated carbocycles. The zero-order valence-electron chi connectivity index (χ0n) is 7.86. The van der Waals surface area contributed by atoms with Crippen molar-refractivity contribution in [2.24, 2.45) is 0 Å². The van der Waals surface area contributed by atoms with Gasteiger partial charge in [-0.25, -0.2) is 0 Å². The molecule has 0 unspecified atom stereocenters. The predicted molar refractivity (Wildman–Crippen MR) is 54.3 cm³/mol. The lowest BCUT2D eigenvalue weighted by molar-refractivity contribution is 0.409. The van der Waals surface area contributed by atoms with Gasteiger partial charge >= 0.3 is 0 Å². The fraction of sp³-hybridized carbons (Fsp3) is 0.0909. The summed E-state index contributed by atoms with van der Waals surface area (Å²) in [6.45, 7) is 0. The van der Waals surface area contributed by atoms with Crippen molar-refractivity contribution in [3.63, 3.8) is 0 Å². The van der Waals surface area contributed by atoms with Crippen molar-refractivity contribution in [3.8, 4) is 11.5 Å². The van der Waals surface area contributed by atoms with Crippen molar-refractivity contribution in [3.05, 3.63) is 37.6 Å². The zero-order chi connectivity index (χ0) is 9.97. The third kappa shape index (κ3) is 1.37. The second-order valence-electron chi connectivity index (χ2n) is 2.84. The Labute approximate surface area is 82.3 Å². The number of pyridine rings is 1. The fourth-order valence-corrected chi connectivity index (χ4v) is 1.36. The average Bonchev–Trinajstić information content (AvgIpc) is 2.27. The molecule has 0 bridgehead atoms. The number of hydrogen-bond donors (Lipinski definition) is 0. The summed E-state index contributed by atoms with van der Waals surface area (Å²) >= 11 is 0. The van der Waals surface area contributed by atoms with Gasteiger partial charge in [-0.05, 0) is 12.1 Å². The van der Waals surface area contributed by atoms with Gasteiger partial charge in [0.2, 0.25) is 0 Å². The molecule has 1 aromatic carbocycles. The van der Waals surface area contributed by atoms with Crippen LogP contribution in [0.25, 0.3) is 10.9 Å². The Kier molecular flexibility index (Phi) is 2.23. The number of nitrogens with zero attached hydrogens (tertiary/aromatic N) is 1. The van der Waals surface area contributed by atoms with Crippen LogP contribution in [0, 0.1) is 7.11 Å². The second kappa shape index (κ2) is 3.54. The summed E-state index contributed by atoms with van der Waals surface area (Å²) in [5, 5.41) is 0.934. The molecular formula is C11H10NO2. The van der Waals surface area contributed by atoms with E-state index in [1.54, 1.807) is 19.4 Å². The summed E-state index contributed by atoms with van der Waals surface area (Å²) < 4.78 is 10.1. The number of hydrogen-bond acceptors (Lipinski definition) is 3. The van der Waals surface area contributed by atoms with Crippen LogP contribution in [0.2, 0.25) is 0 Å². The van der Waals surface area contributed by atoms with Crippen LogP contribution >= 0.6 is 0 Å². The Balaban J connectivity index is 2.73. The zero-order valence-corrected chi connectivity index (χ0v) is 7.86. The molecule has 1 heterocycles. The van der Waals surface area contributed by atoms with Crippen molar-refractivity contribution in [2.45, 2.75) is 0 Å². The topological polar surface area (TPSA) is 31.4 Å². The van der Waals surface area contributed by atoms with E-state index in [1.165, 1.54) is 0 Å². The van der Waals surface area contributed by atoms with E-state index in [1.807, 2.05) is 18.2 Å². The lowest BCUT2D eigenvalue weighted by atomic mass is 10.2. The first-order chi connectivity index (χ1) is 6.85. The van der Waals surface area contributed by atoms with Gasteiger partial charge in [-0.3, -0.25) is 4.98 Å². The van der Waals surface area contributed by atoms with Gasteiger partial charge in [0.25, 0.3) is 0 Å². The monoisotopic (exact) mass is 188 g/mol. The molecule has 0 saturated heterocycles. The van der Waals surface area contributed by atoms with Crippen LogP contribution in [-0.4, -0.2) is 12.1 Å². The maximum atomic E-state index is 5.12. The van der Waals surface area contributed by atoms with Gasteiger partial charge in [0, 0.05) is 23.7 Å². The highest BCUT2D eigenvalue weighted by molar-refractivity contribution is 5.86. The van der Waals surface area contributed by atoms with Gasteiger partial charge in [-0.15, -0.1) is 0 Å². The minimum atomic E-state index is 0.674. The van der Waals surface area contributed by atoms with Crippen molar-refractivity contribution in [2.75, 3.05) is 7.11 Å². The molecule has 2 rings (SSSR count). The third-order valence-electron chi connectivity index (χ3n) is 2.05. The van der Waals surface area contributed by atoms with Crippen molar-refractivity contribution in [1.29, 1.82) is 0 Å². The molecule has 3 nitrogen and oxygen atoms in total. The molecule has 3 heteroatoms. The predicted octanol–water partition coefficient (Wildman–Crippen LogP) is 2.41. The van der Waals surface area contributed by atoms with Gasteiger partial charge in [0.15, 0.2) is 0 Å². The van der Waals surface area contributed by atoms with Crippen LogP contribution in [0.4, 0.5) is 0 Å². The van der Waals surface area contributed by atoms with E-state index < -0.39 is 0 Å². The first-order valence-electron chi connectivity index (χ1n) is 4.20. The Hall–Kier alpha value is -1.77. The highest BCUT2D eigenvalue weighted by Gasteiger charge is 2.04. The number of fused-ring (bicyclic) bond motifs is 1. The Bertz CT molecular complexity index is 454. The quantitative estimate of drug-likeness (QED) is 0.725. The van der Waals surface area contributed by atoms with Gasteiger partial charge in [0.05, 0.1) is 12.6 Å². The van der Waals surface area contributed by atoms with Crippen LogP contribution in [0.15, 0.2) is 30.5 Å². The molecule has 0 fully saturated rings. The molecule has 0 aliphatic rings. The SMILES string of the molecule is [CH2]Oc1cc(OC)cc2ncccc12. The normalized spacial score (nSPS) is 10.1. The van der Waals surface area contributed by atoms with Crippen LogP contribution in [0.5, 0.6) is 11.5 Å². The van der Waals surface area contributed by atoms with Crippen LogP contribution in [0.1, 0.15) is 0 Å². The van der Waals surface area contributed by atoms with E-state index in [-0.39, 0.29) is 0 Å². The summed E-state index contributed by atoms with van der Waals surface area (Å²) in [6, 6.07) is 7.44. The second-order valence-corrected chi connectivity index (χ2v) is 2.84. The van der Waals surface area contributed by atoms with Crippen molar-refractivity contribution >= 4 is 10.9 Å². The third-order valence-corrected chi connectivity index (χ3v) is 2.05. The molecule has 0 aliphatic heterocycles. The summed E-state index contributed by atoms with van der Waals surface area (Å²) in [5.41, 5.74) is 0.838. The smallest absolute Gasteiger partial charge is 0.132 e. The van der Waals surface area contributed by atoms with Gasteiger partial charge in [-0.2, -0.15) is 0 Å². The van der Waals surface area contributed by atoms with Gasteiger partial charge in [0.1, 0.15) is 18.6 Å². The molecule has 0 aliphatic carbocycles. The van der Waals surface area contributed by atoms with Crippen LogP contribution in [-0.2, 0) is 0 Å². The van der Waals surface area contributed by atoms with Gasteiger partial charge in [-0.1, -0.05) is 0 Å². The lowest BCUT2D eigenvalue weighted by Crippen LogP contribution is -1.88. The van der Waals surface area contributed by atoms with E-state index in [2.05, 4.69) is 12.1 Å². The molecule has 0 atom stereocenters. The van der Waals surface area contributed by atoms with Crippen LogP contribution in [0.3, 0.4) is 0 Å².